The first-order valence-corrected chi connectivity index (χ1v) is 11.1. The first-order valence-electron chi connectivity index (χ1n) is 10.1. The zero-order chi connectivity index (χ0) is 19.2. The van der Waals surface area contributed by atoms with Gasteiger partial charge in [-0.1, -0.05) is 6.42 Å². The number of hydrogen-bond donors (Lipinski definition) is 1. The lowest BCUT2D eigenvalue weighted by Gasteiger charge is -2.38. The van der Waals surface area contributed by atoms with E-state index < -0.39 is 5.60 Å². The number of esters is 1. The number of thioether (sulfide) groups is 1. The number of carbonyl (C=O) groups excluding carboxylic acids is 2. The molecule has 3 fully saturated rings. The van der Waals surface area contributed by atoms with Crippen molar-refractivity contribution in [3.63, 3.8) is 0 Å². The Balaban J connectivity index is 1.36. The van der Waals surface area contributed by atoms with Crippen LogP contribution in [0.25, 0.3) is 0 Å². The van der Waals surface area contributed by atoms with Gasteiger partial charge in [0.1, 0.15) is 5.60 Å². The molecule has 0 aromatic rings. The van der Waals surface area contributed by atoms with Crippen molar-refractivity contribution in [2.75, 3.05) is 18.8 Å². The van der Waals surface area contributed by atoms with E-state index in [-0.39, 0.29) is 17.7 Å². The third-order valence-corrected chi connectivity index (χ3v) is 7.44. The zero-order valence-electron chi connectivity index (χ0n) is 16.5. The second-order valence-electron chi connectivity index (χ2n) is 9.04. The summed E-state index contributed by atoms with van der Waals surface area (Å²) < 4.78 is 11.2. The van der Waals surface area contributed by atoms with Crippen LogP contribution in [0, 0.1) is 0 Å². The Morgan fingerprint density at radius 1 is 1.44 bits per heavy atom. The molecule has 2 unspecified atom stereocenters. The van der Waals surface area contributed by atoms with E-state index in [0.717, 1.165) is 31.6 Å². The monoisotopic (exact) mass is 394 g/mol. The van der Waals surface area contributed by atoms with Gasteiger partial charge in [0.15, 0.2) is 5.60 Å². The predicted octanol–water partition coefficient (Wildman–Crippen LogP) is 2.87. The summed E-state index contributed by atoms with van der Waals surface area (Å²) in [7, 11) is 0. The van der Waals surface area contributed by atoms with Gasteiger partial charge in [0, 0.05) is 36.1 Å². The average Bonchev–Trinajstić information content (AvgIpc) is 3.06. The summed E-state index contributed by atoms with van der Waals surface area (Å²) >= 11 is 1.90. The molecule has 1 spiro atoms. The summed E-state index contributed by atoms with van der Waals surface area (Å²) in [5.41, 5.74) is 0.391. The van der Waals surface area contributed by atoms with Crippen LogP contribution >= 0.6 is 11.8 Å². The lowest BCUT2D eigenvalue weighted by molar-refractivity contribution is -0.148. The number of nitrogens with zero attached hydrogens (tertiary/aromatic N) is 1. The Morgan fingerprint density at radius 2 is 2.26 bits per heavy atom. The number of ether oxygens (including phenoxy) is 2. The summed E-state index contributed by atoms with van der Waals surface area (Å²) in [6.07, 6.45) is 6.82. The maximum Gasteiger partial charge on any atom is 0.407 e. The quantitative estimate of drug-likeness (QED) is 0.584. The molecule has 27 heavy (non-hydrogen) atoms. The standard InChI is InChI=1S/C20H30N2O4S/c1-19(2,3)26-18(24)21-7-9-27-15-10-13-11-17(23)25-20(13)12-14(15)22-8-5-4-6-16(20)22/h11,14-16H,4-10,12H2,1-3H3,(H,21,24)/t14-,15?,16+,20?/m0/s1. The molecule has 3 aliphatic heterocycles. The lowest BCUT2D eigenvalue weighted by atomic mass is 9.77. The minimum atomic E-state index is -0.474. The number of piperidine rings is 1. The number of fused-ring (bicyclic) bond motifs is 3. The van der Waals surface area contributed by atoms with Crippen LogP contribution in [0.1, 0.15) is 52.9 Å². The van der Waals surface area contributed by atoms with E-state index in [1.54, 1.807) is 6.08 Å². The highest BCUT2D eigenvalue weighted by Gasteiger charge is 2.63. The largest absolute Gasteiger partial charge is 0.450 e. The zero-order valence-corrected chi connectivity index (χ0v) is 17.3. The van der Waals surface area contributed by atoms with Crippen LogP contribution in [0.2, 0.25) is 0 Å². The van der Waals surface area contributed by atoms with Crippen LogP contribution in [0.4, 0.5) is 4.79 Å². The molecule has 4 rings (SSSR count). The van der Waals surface area contributed by atoms with E-state index in [0.29, 0.717) is 23.9 Å². The highest BCUT2D eigenvalue weighted by molar-refractivity contribution is 8.00. The molecule has 7 heteroatoms. The summed E-state index contributed by atoms with van der Waals surface area (Å²) in [6, 6.07) is 0.823. The number of alkyl carbamates (subject to hydrolysis) is 1. The summed E-state index contributed by atoms with van der Waals surface area (Å²) in [5.74, 6) is 0.682. The van der Waals surface area contributed by atoms with E-state index in [2.05, 4.69) is 10.2 Å². The van der Waals surface area contributed by atoms with E-state index in [1.807, 2.05) is 32.5 Å². The third-order valence-electron chi connectivity index (χ3n) is 6.09. The molecular formula is C20H30N2O4S. The van der Waals surface area contributed by atoms with Crippen molar-refractivity contribution in [2.45, 2.75) is 81.4 Å². The van der Waals surface area contributed by atoms with Gasteiger partial charge in [-0.25, -0.2) is 9.59 Å². The first-order chi connectivity index (χ1) is 12.8. The molecule has 2 saturated heterocycles. The molecule has 1 amide bonds. The molecule has 1 saturated carbocycles. The second-order valence-corrected chi connectivity index (χ2v) is 10.4. The van der Waals surface area contributed by atoms with E-state index in [1.165, 1.54) is 18.4 Å². The van der Waals surface area contributed by atoms with Gasteiger partial charge >= 0.3 is 12.1 Å². The average molecular weight is 395 g/mol. The Bertz CT molecular complexity index is 659. The van der Waals surface area contributed by atoms with Crippen LogP contribution in [-0.2, 0) is 14.3 Å². The van der Waals surface area contributed by atoms with Crippen LogP contribution in [0.3, 0.4) is 0 Å². The fourth-order valence-electron chi connectivity index (χ4n) is 5.19. The first kappa shape index (κ1) is 19.1. The second kappa shape index (κ2) is 6.99. The summed E-state index contributed by atoms with van der Waals surface area (Å²) in [5, 5.41) is 3.29. The van der Waals surface area contributed by atoms with Crippen LogP contribution in [0.5, 0.6) is 0 Å². The van der Waals surface area contributed by atoms with Gasteiger partial charge < -0.3 is 14.8 Å². The number of hydrogen-bond acceptors (Lipinski definition) is 6. The molecule has 1 aliphatic carbocycles. The molecular weight excluding hydrogens is 364 g/mol. The van der Waals surface area contributed by atoms with E-state index >= 15 is 0 Å². The van der Waals surface area contributed by atoms with Crippen LogP contribution in [-0.4, -0.2) is 64.3 Å². The third kappa shape index (κ3) is 3.60. The lowest BCUT2D eigenvalue weighted by Crippen LogP contribution is -2.48. The van der Waals surface area contributed by atoms with Crippen molar-refractivity contribution in [1.29, 1.82) is 0 Å². The van der Waals surface area contributed by atoms with Crippen LogP contribution < -0.4 is 5.32 Å². The van der Waals surface area contributed by atoms with Gasteiger partial charge in [-0.05, 0) is 52.2 Å². The van der Waals surface area contributed by atoms with Crippen molar-refractivity contribution in [2.24, 2.45) is 0 Å². The maximum absolute atomic E-state index is 12.0. The molecule has 0 radical (unpaired) electrons. The Kier molecular flexibility index (Phi) is 4.95. The molecule has 2 bridgehead atoms. The molecule has 0 aromatic carbocycles. The Labute approximate surface area is 165 Å². The normalized spacial score (nSPS) is 35.1. The SMILES string of the molecule is CC(C)(C)OC(=O)NCCSC1CC2=CC(=O)OC23C[C@@H]1N1CCCC[C@@H]13. The summed E-state index contributed by atoms with van der Waals surface area (Å²) in [6.45, 7) is 7.29. The van der Waals surface area contributed by atoms with E-state index in [9.17, 15) is 9.59 Å². The van der Waals surface area contributed by atoms with Crippen molar-refractivity contribution in [3.8, 4) is 0 Å². The smallest absolute Gasteiger partial charge is 0.407 e. The number of rotatable bonds is 4. The molecule has 4 atom stereocenters. The molecule has 0 aromatic heterocycles. The van der Waals surface area contributed by atoms with Crippen molar-refractivity contribution >= 4 is 23.8 Å². The van der Waals surface area contributed by atoms with E-state index in [4.69, 9.17) is 9.47 Å². The van der Waals surface area contributed by atoms with Crippen molar-refractivity contribution in [1.82, 2.24) is 10.2 Å². The minimum absolute atomic E-state index is 0.159. The fourth-order valence-corrected chi connectivity index (χ4v) is 6.48. The van der Waals surface area contributed by atoms with Gasteiger partial charge in [0.25, 0.3) is 0 Å². The topological polar surface area (TPSA) is 67.9 Å². The Hall–Kier alpha value is -1.21. The minimum Gasteiger partial charge on any atom is -0.450 e. The maximum atomic E-state index is 12.0. The molecule has 3 heterocycles. The van der Waals surface area contributed by atoms with Gasteiger partial charge in [0.05, 0.1) is 6.04 Å². The number of carbonyl (C=O) groups is 2. The van der Waals surface area contributed by atoms with Gasteiger partial charge in [-0.3, -0.25) is 4.90 Å². The fraction of sp³-hybridized carbons (Fsp3) is 0.800. The van der Waals surface area contributed by atoms with Gasteiger partial charge in [0.2, 0.25) is 0 Å². The summed E-state index contributed by atoms with van der Waals surface area (Å²) in [4.78, 5) is 26.4. The highest BCUT2D eigenvalue weighted by Crippen LogP contribution is 2.55. The Morgan fingerprint density at radius 3 is 3.04 bits per heavy atom. The van der Waals surface area contributed by atoms with Crippen LogP contribution in [0.15, 0.2) is 11.6 Å². The van der Waals surface area contributed by atoms with Crippen molar-refractivity contribution < 1.29 is 19.1 Å². The van der Waals surface area contributed by atoms with Crippen molar-refractivity contribution in [3.05, 3.63) is 11.6 Å². The molecule has 150 valence electrons. The molecule has 6 nitrogen and oxygen atoms in total. The van der Waals surface area contributed by atoms with Gasteiger partial charge in [-0.2, -0.15) is 11.8 Å². The number of amides is 1. The molecule has 1 N–H and O–H groups in total. The molecule has 4 aliphatic rings. The van der Waals surface area contributed by atoms with Gasteiger partial charge in [-0.15, -0.1) is 0 Å². The highest BCUT2D eigenvalue weighted by atomic mass is 32.2. The predicted molar refractivity (Wildman–Crippen MR) is 105 cm³/mol. The number of nitrogens with one attached hydrogen (secondary N) is 1.